The van der Waals surface area contributed by atoms with Crippen molar-refractivity contribution in [2.45, 2.75) is 49.5 Å². The summed E-state index contributed by atoms with van der Waals surface area (Å²) in [7, 11) is -3.22. The lowest BCUT2D eigenvalue weighted by molar-refractivity contribution is 0.537. The van der Waals surface area contributed by atoms with E-state index in [9.17, 15) is 8.42 Å². The first kappa shape index (κ1) is 15.6. The van der Waals surface area contributed by atoms with Gasteiger partial charge in [-0.2, -0.15) is 0 Å². The molecule has 0 bridgehead atoms. The molecular weight excluding hydrogens is 294 g/mol. The Hall–Kier alpha value is -0.740. The average Bonchev–Trinajstić information content (AvgIpc) is 2.88. The van der Waals surface area contributed by atoms with Crippen molar-refractivity contribution in [1.29, 1.82) is 0 Å². The zero-order chi connectivity index (χ0) is 14.6. The van der Waals surface area contributed by atoms with Crippen LogP contribution >= 0.6 is 11.6 Å². The topological polar surface area (TPSA) is 46.2 Å². The van der Waals surface area contributed by atoms with Gasteiger partial charge < -0.3 is 5.32 Å². The fraction of sp³-hybridized carbons (Fsp3) is 0.600. The molecule has 0 amide bonds. The smallest absolute Gasteiger partial charge is 0.180 e. The molecule has 2 rings (SSSR count). The number of rotatable bonds is 6. The molecule has 0 saturated heterocycles. The van der Waals surface area contributed by atoms with Crippen LogP contribution in [0.25, 0.3) is 0 Å². The summed E-state index contributed by atoms with van der Waals surface area (Å²) in [6.07, 6.45) is 4.90. The standard InChI is InChI=1S/C15H22ClNO2S/c1-2-11-20(18,19)14-8-4-3-7-13(14)17-15(12-16)9-5-6-10-15/h3-4,7-8,17H,2,5-6,9-12H2,1H3. The number of anilines is 1. The molecule has 0 aromatic heterocycles. The van der Waals surface area contributed by atoms with E-state index in [1.807, 2.05) is 19.1 Å². The highest BCUT2D eigenvalue weighted by molar-refractivity contribution is 7.91. The van der Waals surface area contributed by atoms with Gasteiger partial charge in [-0.1, -0.05) is 31.9 Å². The van der Waals surface area contributed by atoms with Gasteiger partial charge in [-0.15, -0.1) is 11.6 Å². The number of hydrogen-bond donors (Lipinski definition) is 1. The molecule has 3 nitrogen and oxygen atoms in total. The van der Waals surface area contributed by atoms with Crippen LogP contribution in [-0.4, -0.2) is 25.6 Å². The van der Waals surface area contributed by atoms with Crippen molar-refractivity contribution in [2.75, 3.05) is 16.9 Å². The highest BCUT2D eigenvalue weighted by atomic mass is 35.5. The molecule has 1 aliphatic rings. The Bertz CT molecular complexity index is 551. The van der Waals surface area contributed by atoms with Crippen LogP contribution in [0.5, 0.6) is 0 Å². The van der Waals surface area contributed by atoms with Crippen molar-refractivity contribution < 1.29 is 8.42 Å². The fourth-order valence-electron chi connectivity index (χ4n) is 2.85. The Morgan fingerprint density at radius 2 is 1.90 bits per heavy atom. The monoisotopic (exact) mass is 315 g/mol. The lowest BCUT2D eigenvalue weighted by atomic mass is 10.00. The lowest BCUT2D eigenvalue weighted by Gasteiger charge is -2.30. The minimum Gasteiger partial charge on any atom is -0.377 e. The van der Waals surface area contributed by atoms with E-state index in [1.165, 1.54) is 0 Å². The van der Waals surface area contributed by atoms with Crippen LogP contribution in [-0.2, 0) is 9.84 Å². The predicted molar refractivity (Wildman–Crippen MR) is 84.3 cm³/mol. The third-order valence-electron chi connectivity index (χ3n) is 3.91. The Labute approximate surface area is 126 Å². The van der Waals surface area contributed by atoms with E-state index in [1.54, 1.807) is 12.1 Å². The van der Waals surface area contributed by atoms with Crippen LogP contribution in [0.1, 0.15) is 39.0 Å². The van der Waals surface area contributed by atoms with Gasteiger partial charge in [0.05, 0.1) is 21.9 Å². The van der Waals surface area contributed by atoms with Gasteiger partial charge in [0.25, 0.3) is 0 Å². The molecule has 1 fully saturated rings. The normalized spacial score (nSPS) is 18.1. The second-order valence-electron chi connectivity index (χ2n) is 5.56. The van der Waals surface area contributed by atoms with Gasteiger partial charge in [0.1, 0.15) is 0 Å². The predicted octanol–water partition coefficient (Wildman–Crippen LogP) is 3.83. The summed E-state index contributed by atoms with van der Waals surface area (Å²) in [5, 5.41) is 3.43. The molecule has 0 unspecified atom stereocenters. The molecule has 0 atom stereocenters. The molecule has 0 aliphatic heterocycles. The van der Waals surface area contributed by atoms with Crippen molar-refractivity contribution in [2.24, 2.45) is 0 Å². The van der Waals surface area contributed by atoms with Crippen molar-refractivity contribution in [3.63, 3.8) is 0 Å². The van der Waals surface area contributed by atoms with E-state index < -0.39 is 9.84 Å². The molecular formula is C15H22ClNO2S. The number of benzene rings is 1. The molecule has 0 radical (unpaired) electrons. The van der Waals surface area contributed by atoms with Crippen LogP contribution in [0.3, 0.4) is 0 Å². The zero-order valence-electron chi connectivity index (χ0n) is 11.9. The number of nitrogens with one attached hydrogen (secondary N) is 1. The highest BCUT2D eigenvalue weighted by Gasteiger charge is 2.34. The molecule has 0 heterocycles. The van der Waals surface area contributed by atoms with Gasteiger partial charge in [0, 0.05) is 5.88 Å². The Balaban J connectivity index is 2.33. The molecule has 1 aliphatic carbocycles. The van der Waals surface area contributed by atoms with E-state index in [4.69, 9.17) is 11.6 Å². The summed E-state index contributed by atoms with van der Waals surface area (Å²) in [5.41, 5.74) is 0.544. The van der Waals surface area contributed by atoms with Crippen LogP contribution < -0.4 is 5.32 Å². The highest BCUT2D eigenvalue weighted by Crippen LogP contribution is 2.36. The minimum absolute atomic E-state index is 0.153. The van der Waals surface area contributed by atoms with Crippen molar-refractivity contribution in [1.82, 2.24) is 0 Å². The number of hydrogen-bond acceptors (Lipinski definition) is 3. The summed E-state index contributed by atoms with van der Waals surface area (Å²) in [6.45, 7) is 1.88. The summed E-state index contributed by atoms with van der Waals surface area (Å²) in [6, 6.07) is 7.17. The molecule has 5 heteroatoms. The van der Waals surface area contributed by atoms with Crippen molar-refractivity contribution in [3.05, 3.63) is 24.3 Å². The van der Waals surface area contributed by atoms with E-state index in [0.29, 0.717) is 22.9 Å². The SMILES string of the molecule is CCCS(=O)(=O)c1ccccc1NC1(CCl)CCCC1. The van der Waals surface area contributed by atoms with Crippen LogP contribution in [0.15, 0.2) is 29.2 Å². The molecule has 1 aromatic rings. The van der Waals surface area contributed by atoms with E-state index in [2.05, 4.69) is 5.32 Å². The van der Waals surface area contributed by atoms with Crippen LogP contribution in [0.2, 0.25) is 0 Å². The van der Waals surface area contributed by atoms with Gasteiger partial charge in [0.2, 0.25) is 0 Å². The first-order valence-electron chi connectivity index (χ1n) is 7.19. The van der Waals surface area contributed by atoms with E-state index >= 15 is 0 Å². The van der Waals surface area contributed by atoms with Gasteiger partial charge in [-0.05, 0) is 31.4 Å². The first-order valence-corrected chi connectivity index (χ1v) is 9.38. The van der Waals surface area contributed by atoms with Gasteiger partial charge in [0.15, 0.2) is 9.84 Å². The van der Waals surface area contributed by atoms with Crippen LogP contribution in [0.4, 0.5) is 5.69 Å². The summed E-state index contributed by atoms with van der Waals surface area (Å²) >= 11 is 6.13. The maximum absolute atomic E-state index is 12.3. The summed E-state index contributed by atoms with van der Waals surface area (Å²) < 4.78 is 24.7. The number of para-hydroxylation sites is 1. The quantitative estimate of drug-likeness (QED) is 0.811. The largest absolute Gasteiger partial charge is 0.377 e. The average molecular weight is 316 g/mol. The second kappa shape index (κ2) is 6.35. The molecule has 112 valence electrons. The molecule has 0 spiro atoms. The van der Waals surface area contributed by atoms with E-state index in [-0.39, 0.29) is 11.3 Å². The zero-order valence-corrected chi connectivity index (χ0v) is 13.4. The number of sulfone groups is 1. The molecule has 20 heavy (non-hydrogen) atoms. The summed E-state index contributed by atoms with van der Waals surface area (Å²) in [5.74, 6) is 0.689. The molecule has 1 aromatic carbocycles. The lowest BCUT2D eigenvalue weighted by Crippen LogP contribution is -2.37. The first-order chi connectivity index (χ1) is 9.53. The third-order valence-corrected chi connectivity index (χ3v) is 6.39. The van der Waals surface area contributed by atoms with Crippen LogP contribution in [0, 0.1) is 0 Å². The number of halogens is 1. The maximum atomic E-state index is 12.3. The van der Waals surface area contributed by atoms with Crippen molar-refractivity contribution >= 4 is 27.1 Å². The Morgan fingerprint density at radius 1 is 1.25 bits per heavy atom. The fourth-order valence-corrected chi connectivity index (χ4v) is 4.68. The Morgan fingerprint density at radius 3 is 2.50 bits per heavy atom. The number of alkyl halides is 1. The van der Waals surface area contributed by atoms with Gasteiger partial charge in [-0.25, -0.2) is 8.42 Å². The summed E-state index contributed by atoms with van der Waals surface area (Å²) in [4.78, 5) is 0.401. The van der Waals surface area contributed by atoms with E-state index in [0.717, 1.165) is 25.7 Å². The minimum atomic E-state index is -3.22. The van der Waals surface area contributed by atoms with Crippen molar-refractivity contribution in [3.8, 4) is 0 Å². The molecule has 1 saturated carbocycles. The second-order valence-corrected chi connectivity index (χ2v) is 7.91. The van der Waals surface area contributed by atoms with Gasteiger partial charge >= 0.3 is 0 Å². The van der Waals surface area contributed by atoms with Gasteiger partial charge in [-0.3, -0.25) is 0 Å². The third kappa shape index (κ3) is 3.29. The Kier molecular flexibility index (Phi) is 4.97. The maximum Gasteiger partial charge on any atom is 0.180 e. The molecule has 1 N–H and O–H groups in total.